The van der Waals surface area contributed by atoms with E-state index in [1.165, 1.54) is 80.9 Å². The van der Waals surface area contributed by atoms with E-state index in [0.29, 0.717) is 5.92 Å². The highest BCUT2D eigenvalue weighted by atomic mass is 35.5. The van der Waals surface area contributed by atoms with Crippen LogP contribution in [0.5, 0.6) is 0 Å². The van der Waals surface area contributed by atoms with Crippen molar-refractivity contribution in [3.05, 3.63) is 70.2 Å². The largest absolute Gasteiger partial charge is 0.247 e. The molecule has 2 aliphatic rings. The minimum Gasteiger partial charge on any atom is -0.247 e. The molecule has 0 N–H and O–H groups in total. The molecule has 0 radical (unpaired) electrons. The van der Waals surface area contributed by atoms with Crippen LogP contribution in [0.15, 0.2) is 48.5 Å². The summed E-state index contributed by atoms with van der Waals surface area (Å²) >= 11 is 6.10. The van der Waals surface area contributed by atoms with E-state index in [1.54, 1.807) is 0 Å². The van der Waals surface area contributed by atoms with Gasteiger partial charge in [-0.25, -0.2) is 4.39 Å². The van der Waals surface area contributed by atoms with Crippen LogP contribution in [-0.2, 0) is 0 Å². The molecule has 0 heterocycles. The minimum absolute atomic E-state index is 0.0382. The second-order valence-corrected chi connectivity index (χ2v) is 11.7. The number of hydrogen-bond acceptors (Lipinski definition) is 0. The number of hydrogen-bond donors (Lipinski definition) is 0. The van der Waals surface area contributed by atoms with E-state index in [2.05, 4.69) is 50.2 Å². The van der Waals surface area contributed by atoms with Gasteiger partial charge < -0.3 is 0 Å². The second-order valence-electron chi connectivity index (χ2n) is 11.3. The third-order valence-corrected chi connectivity index (χ3v) is 9.28. The fourth-order valence-corrected chi connectivity index (χ4v) is 6.88. The lowest BCUT2D eigenvalue weighted by Crippen LogP contribution is -2.26. The number of alkyl halides is 1. The highest BCUT2D eigenvalue weighted by molar-refractivity contribution is 6.30. The summed E-state index contributed by atoms with van der Waals surface area (Å²) in [6.45, 7) is 4.54. The van der Waals surface area contributed by atoms with Crippen molar-refractivity contribution >= 4 is 11.6 Å². The van der Waals surface area contributed by atoms with Gasteiger partial charge in [0.25, 0.3) is 0 Å². The van der Waals surface area contributed by atoms with Crippen molar-refractivity contribution < 1.29 is 4.39 Å². The Bertz CT molecular complexity index is 867. The minimum atomic E-state index is -0.720. The van der Waals surface area contributed by atoms with Crippen molar-refractivity contribution in [2.75, 3.05) is 0 Å². The molecule has 0 aromatic heterocycles. The molecule has 4 rings (SSSR count). The molecular formula is C32H44ClF. The first kappa shape index (κ1) is 25.7. The lowest BCUT2D eigenvalue weighted by atomic mass is 9.72. The first-order valence-electron chi connectivity index (χ1n) is 14.0. The van der Waals surface area contributed by atoms with Gasteiger partial charge in [-0.15, -0.1) is 0 Å². The van der Waals surface area contributed by atoms with Gasteiger partial charge in [-0.3, -0.25) is 0 Å². The molecule has 2 heteroatoms. The van der Waals surface area contributed by atoms with Gasteiger partial charge in [0.1, 0.15) is 6.17 Å². The number of rotatable bonds is 9. The van der Waals surface area contributed by atoms with E-state index in [0.717, 1.165) is 29.7 Å². The van der Waals surface area contributed by atoms with Gasteiger partial charge in [-0.05, 0) is 65.8 Å². The Labute approximate surface area is 212 Å². The fourth-order valence-electron chi connectivity index (χ4n) is 6.76. The van der Waals surface area contributed by atoms with Crippen LogP contribution in [0.1, 0.15) is 119 Å². The van der Waals surface area contributed by atoms with Crippen LogP contribution >= 0.6 is 11.6 Å². The standard InChI is InChI=1S/C32H44ClF/c1-3-4-7-24-10-12-25(13-11-24)14-15-26-16-21-31(32(34)22-26)30-9-6-5-8-29(30)23(2)27-17-19-28(33)20-18-27/h5-6,8-9,17-20,23-26,31-32H,3-4,7,10-16,21-22H2,1-2H3. The predicted octanol–water partition coefficient (Wildman–Crippen LogP) is 10.5. The molecule has 0 bridgehead atoms. The lowest BCUT2D eigenvalue weighted by Gasteiger charge is -2.35. The average molecular weight is 483 g/mol. The quantitative estimate of drug-likeness (QED) is 0.333. The topological polar surface area (TPSA) is 0 Å². The van der Waals surface area contributed by atoms with Crippen molar-refractivity contribution in [3.63, 3.8) is 0 Å². The van der Waals surface area contributed by atoms with Crippen LogP contribution in [-0.4, -0.2) is 6.17 Å². The molecule has 2 saturated carbocycles. The van der Waals surface area contributed by atoms with Crippen LogP contribution in [0.3, 0.4) is 0 Å². The molecule has 4 unspecified atom stereocenters. The summed E-state index contributed by atoms with van der Waals surface area (Å²) in [6.07, 6.45) is 14.6. The molecular weight excluding hydrogens is 439 g/mol. The van der Waals surface area contributed by atoms with Crippen molar-refractivity contribution in [1.82, 2.24) is 0 Å². The SMILES string of the molecule is CCCCC1CCC(CCC2CCC(c3ccccc3C(C)c3ccc(Cl)cc3)C(F)C2)CC1. The van der Waals surface area contributed by atoms with Crippen LogP contribution < -0.4 is 0 Å². The van der Waals surface area contributed by atoms with Crippen LogP contribution in [0.4, 0.5) is 4.39 Å². The maximum Gasteiger partial charge on any atom is 0.107 e. The Kier molecular flexibility index (Phi) is 9.52. The molecule has 2 fully saturated rings. The number of unbranched alkanes of at least 4 members (excludes halogenated alkanes) is 1. The summed E-state index contributed by atoms with van der Waals surface area (Å²) in [4.78, 5) is 0. The molecule has 0 aliphatic heterocycles. The maximum atomic E-state index is 15.6. The first-order chi connectivity index (χ1) is 16.5. The lowest BCUT2D eigenvalue weighted by molar-refractivity contribution is 0.152. The summed E-state index contributed by atoms with van der Waals surface area (Å²) in [7, 11) is 0. The molecule has 0 nitrogen and oxygen atoms in total. The van der Waals surface area contributed by atoms with E-state index in [9.17, 15) is 0 Å². The summed E-state index contributed by atoms with van der Waals surface area (Å²) in [6, 6.07) is 16.7. The summed E-state index contributed by atoms with van der Waals surface area (Å²) in [5, 5.41) is 0.760. The summed E-state index contributed by atoms with van der Waals surface area (Å²) < 4.78 is 15.6. The molecule has 2 aromatic rings. The average Bonchev–Trinajstić information content (AvgIpc) is 2.87. The third kappa shape index (κ3) is 6.66. The van der Waals surface area contributed by atoms with Gasteiger partial charge >= 0.3 is 0 Å². The van der Waals surface area contributed by atoms with E-state index in [4.69, 9.17) is 11.6 Å². The zero-order chi connectivity index (χ0) is 23.9. The number of halogens is 2. The van der Waals surface area contributed by atoms with Crippen molar-refractivity contribution in [2.45, 2.75) is 109 Å². The second kappa shape index (κ2) is 12.6. The van der Waals surface area contributed by atoms with Crippen LogP contribution in [0.2, 0.25) is 5.02 Å². The summed E-state index contributed by atoms with van der Waals surface area (Å²) in [5.41, 5.74) is 3.74. The molecule has 0 spiro atoms. The Morgan fingerprint density at radius 3 is 2.12 bits per heavy atom. The van der Waals surface area contributed by atoms with Crippen molar-refractivity contribution in [1.29, 1.82) is 0 Å². The molecule has 2 aliphatic carbocycles. The van der Waals surface area contributed by atoms with Gasteiger partial charge in [0.15, 0.2) is 0 Å². The zero-order valence-electron chi connectivity index (χ0n) is 21.3. The monoisotopic (exact) mass is 482 g/mol. The van der Waals surface area contributed by atoms with E-state index in [-0.39, 0.29) is 11.8 Å². The van der Waals surface area contributed by atoms with Gasteiger partial charge in [0, 0.05) is 16.9 Å². The van der Waals surface area contributed by atoms with Crippen LogP contribution in [0.25, 0.3) is 0 Å². The van der Waals surface area contributed by atoms with E-state index < -0.39 is 6.17 Å². The van der Waals surface area contributed by atoms with E-state index in [1.807, 2.05) is 12.1 Å². The van der Waals surface area contributed by atoms with Crippen LogP contribution in [0, 0.1) is 17.8 Å². The summed E-state index contributed by atoms with van der Waals surface area (Å²) in [5.74, 6) is 2.73. The van der Waals surface area contributed by atoms with Gasteiger partial charge in [-0.1, -0.05) is 120 Å². The smallest absolute Gasteiger partial charge is 0.107 e. The molecule has 186 valence electrons. The van der Waals surface area contributed by atoms with Gasteiger partial charge in [0.05, 0.1) is 0 Å². The Hall–Kier alpha value is -1.34. The maximum absolute atomic E-state index is 15.6. The normalized spacial score (nSPS) is 28.5. The third-order valence-electron chi connectivity index (χ3n) is 9.03. The first-order valence-corrected chi connectivity index (χ1v) is 14.4. The predicted molar refractivity (Wildman–Crippen MR) is 145 cm³/mol. The molecule has 34 heavy (non-hydrogen) atoms. The molecule has 0 amide bonds. The molecule has 0 saturated heterocycles. The Morgan fingerprint density at radius 2 is 1.44 bits per heavy atom. The zero-order valence-corrected chi connectivity index (χ0v) is 22.1. The highest BCUT2D eigenvalue weighted by Gasteiger charge is 2.34. The molecule has 4 atom stereocenters. The van der Waals surface area contributed by atoms with E-state index >= 15 is 4.39 Å². The Morgan fingerprint density at radius 1 is 0.824 bits per heavy atom. The van der Waals surface area contributed by atoms with Crippen molar-refractivity contribution in [2.24, 2.45) is 17.8 Å². The molecule has 2 aromatic carbocycles. The Balaban J connectivity index is 1.31. The fraction of sp³-hybridized carbons (Fsp3) is 0.625. The van der Waals surface area contributed by atoms with Crippen molar-refractivity contribution in [3.8, 4) is 0 Å². The highest BCUT2D eigenvalue weighted by Crippen LogP contribution is 2.44. The number of benzene rings is 2. The van der Waals surface area contributed by atoms with Gasteiger partial charge in [-0.2, -0.15) is 0 Å². The van der Waals surface area contributed by atoms with Gasteiger partial charge in [0.2, 0.25) is 0 Å².